The number of hydrogen-bond acceptors (Lipinski definition) is 6. The predicted octanol–water partition coefficient (Wildman–Crippen LogP) is 1.87. The number of hydrogen-bond donors (Lipinski definition) is 2. The lowest BCUT2D eigenvalue weighted by atomic mass is 10.0. The Bertz CT molecular complexity index is 617. The topological polar surface area (TPSA) is 86.5 Å². The van der Waals surface area contributed by atoms with Crippen molar-refractivity contribution in [3.05, 3.63) is 40.3 Å². The maximum absolute atomic E-state index is 11.9. The molecule has 0 bridgehead atoms. The molecule has 2 rings (SSSR count). The van der Waals surface area contributed by atoms with Crippen LogP contribution in [0.1, 0.15) is 23.7 Å². The molecule has 22 heavy (non-hydrogen) atoms. The summed E-state index contributed by atoms with van der Waals surface area (Å²) in [5.74, 6) is 1.11. The molecule has 7 heteroatoms. The Balaban J connectivity index is 1.93. The molecule has 1 aromatic heterocycles. The van der Waals surface area contributed by atoms with Crippen LogP contribution in [0.15, 0.2) is 29.1 Å². The third-order valence-electron chi connectivity index (χ3n) is 3.19. The fourth-order valence-electron chi connectivity index (χ4n) is 1.99. The second-order valence-corrected chi connectivity index (χ2v) is 5.40. The van der Waals surface area contributed by atoms with Crippen LogP contribution >= 0.6 is 11.3 Å². The molecule has 1 aromatic carbocycles. The molecule has 0 aliphatic carbocycles. The van der Waals surface area contributed by atoms with Crippen molar-refractivity contribution >= 4 is 17.2 Å². The number of methoxy groups -OCH3 is 2. The van der Waals surface area contributed by atoms with Gasteiger partial charge in [0.1, 0.15) is 0 Å². The largest absolute Gasteiger partial charge is 0.493 e. The summed E-state index contributed by atoms with van der Waals surface area (Å²) in [6, 6.07) is 4.99. The Morgan fingerprint density at radius 2 is 2.14 bits per heavy atom. The molecule has 0 radical (unpaired) electrons. The third kappa shape index (κ3) is 4.19. The molecule has 3 N–H and O–H groups in total. The number of nitrogens with one attached hydrogen (secondary N) is 1. The van der Waals surface area contributed by atoms with Gasteiger partial charge >= 0.3 is 0 Å². The maximum Gasteiger partial charge on any atom is 0.222 e. The van der Waals surface area contributed by atoms with E-state index in [0.717, 1.165) is 11.3 Å². The van der Waals surface area contributed by atoms with Gasteiger partial charge in [-0.05, 0) is 17.7 Å². The van der Waals surface area contributed by atoms with Crippen LogP contribution in [0.3, 0.4) is 0 Å². The van der Waals surface area contributed by atoms with Crippen molar-refractivity contribution in [2.24, 2.45) is 5.73 Å². The maximum atomic E-state index is 11.9. The van der Waals surface area contributed by atoms with Crippen molar-refractivity contribution in [2.45, 2.75) is 19.0 Å². The first-order valence-electron chi connectivity index (χ1n) is 6.75. The highest BCUT2D eigenvalue weighted by Gasteiger charge is 2.14. The van der Waals surface area contributed by atoms with Gasteiger partial charge in [0.2, 0.25) is 5.91 Å². The van der Waals surface area contributed by atoms with E-state index in [2.05, 4.69) is 10.3 Å². The minimum atomic E-state index is -0.407. The Hall–Kier alpha value is -2.12. The van der Waals surface area contributed by atoms with Gasteiger partial charge in [-0.25, -0.2) is 4.98 Å². The minimum absolute atomic E-state index is 0.115. The Morgan fingerprint density at radius 3 is 2.77 bits per heavy atom. The van der Waals surface area contributed by atoms with E-state index in [-0.39, 0.29) is 12.3 Å². The zero-order valence-electron chi connectivity index (χ0n) is 12.5. The van der Waals surface area contributed by atoms with E-state index in [1.165, 1.54) is 11.3 Å². The van der Waals surface area contributed by atoms with Gasteiger partial charge in [0.05, 0.1) is 32.0 Å². The summed E-state index contributed by atoms with van der Waals surface area (Å²) in [5, 5.41) is 4.70. The predicted molar refractivity (Wildman–Crippen MR) is 85.1 cm³/mol. The van der Waals surface area contributed by atoms with Crippen LogP contribution in [0.2, 0.25) is 0 Å². The summed E-state index contributed by atoms with van der Waals surface area (Å²) in [6.45, 7) is 0.418. The number of rotatable bonds is 7. The van der Waals surface area contributed by atoms with Gasteiger partial charge < -0.3 is 20.5 Å². The molecule has 2 aromatic rings. The minimum Gasteiger partial charge on any atom is -0.493 e. The van der Waals surface area contributed by atoms with Crippen molar-refractivity contribution in [3.8, 4) is 11.5 Å². The van der Waals surface area contributed by atoms with E-state index < -0.39 is 6.04 Å². The van der Waals surface area contributed by atoms with Gasteiger partial charge in [-0.2, -0.15) is 0 Å². The first kappa shape index (κ1) is 16.3. The lowest BCUT2D eigenvalue weighted by molar-refractivity contribution is -0.121. The highest BCUT2D eigenvalue weighted by atomic mass is 32.1. The van der Waals surface area contributed by atoms with Crippen molar-refractivity contribution in [2.75, 3.05) is 14.2 Å². The Kier molecular flexibility index (Phi) is 5.74. The molecule has 1 atom stereocenters. The Labute approximate surface area is 133 Å². The number of carbonyl (C=O) groups is 1. The first-order valence-corrected chi connectivity index (χ1v) is 7.69. The number of aromatic nitrogens is 1. The zero-order chi connectivity index (χ0) is 15.9. The van der Waals surface area contributed by atoms with E-state index in [4.69, 9.17) is 15.2 Å². The van der Waals surface area contributed by atoms with Gasteiger partial charge in [-0.15, -0.1) is 11.3 Å². The van der Waals surface area contributed by atoms with Gasteiger partial charge in [0, 0.05) is 17.8 Å². The van der Waals surface area contributed by atoms with E-state index in [9.17, 15) is 4.79 Å². The number of benzene rings is 1. The van der Waals surface area contributed by atoms with Crippen LogP contribution in [0.4, 0.5) is 0 Å². The van der Waals surface area contributed by atoms with Crippen LogP contribution in [0.25, 0.3) is 0 Å². The van der Waals surface area contributed by atoms with Gasteiger partial charge in [-0.3, -0.25) is 4.79 Å². The highest BCUT2D eigenvalue weighted by molar-refractivity contribution is 7.07. The SMILES string of the molecule is COc1ccc([C@@H](N)CC(=O)NCc2cscn2)cc1OC. The first-order chi connectivity index (χ1) is 10.6. The third-order valence-corrected chi connectivity index (χ3v) is 3.83. The van der Waals surface area contributed by atoms with Crippen LogP contribution in [0, 0.1) is 0 Å². The summed E-state index contributed by atoms with van der Waals surface area (Å²) in [6.07, 6.45) is 0.194. The fourth-order valence-corrected chi connectivity index (χ4v) is 2.55. The second-order valence-electron chi connectivity index (χ2n) is 4.68. The Morgan fingerprint density at radius 1 is 1.36 bits per heavy atom. The van der Waals surface area contributed by atoms with Crippen molar-refractivity contribution < 1.29 is 14.3 Å². The molecule has 118 valence electrons. The lowest BCUT2D eigenvalue weighted by Crippen LogP contribution is -2.27. The summed E-state index contributed by atoms with van der Waals surface area (Å²) in [4.78, 5) is 16.0. The molecule has 0 aliphatic heterocycles. The lowest BCUT2D eigenvalue weighted by Gasteiger charge is -2.14. The van der Waals surface area contributed by atoms with E-state index in [1.807, 2.05) is 11.4 Å². The number of thiazole rings is 1. The normalized spacial score (nSPS) is 11.8. The summed E-state index contributed by atoms with van der Waals surface area (Å²) in [7, 11) is 3.14. The molecule has 1 heterocycles. The van der Waals surface area contributed by atoms with Crippen LogP contribution in [-0.2, 0) is 11.3 Å². The van der Waals surface area contributed by atoms with Gasteiger partial charge in [-0.1, -0.05) is 6.07 Å². The number of carbonyl (C=O) groups excluding carboxylic acids is 1. The summed E-state index contributed by atoms with van der Waals surface area (Å²) >= 11 is 1.50. The molecule has 0 saturated carbocycles. The molecular weight excluding hydrogens is 302 g/mol. The van der Waals surface area contributed by atoms with Crippen molar-refractivity contribution in [3.63, 3.8) is 0 Å². The molecule has 1 amide bonds. The highest BCUT2D eigenvalue weighted by Crippen LogP contribution is 2.30. The van der Waals surface area contributed by atoms with Crippen LogP contribution in [-0.4, -0.2) is 25.1 Å². The molecule has 0 aliphatic rings. The number of amides is 1. The number of ether oxygens (including phenoxy) is 2. The second kappa shape index (κ2) is 7.77. The van der Waals surface area contributed by atoms with Gasteiger partial charge in [0.25, 0.3) is 0 Å². The van der Waals surface area contributed by atoms with E-state index in [1.54, 1.807) is 31.9 Å². The summed E-state index contributed by atoms with van der Waals surface area (Å²) in [5.41, 5.74) is 9.49. The molecule has 0 saturated heterocycles. The fraction of sp³-hybridized carbons (Fsp3) is 0.333. The van der Waals surface area contributed by atoms with Gasteiger partial charge in [0.15, 0.2) is 11.5 Å². The molecule has 0 fully saturated rings. The summed E-state index contributed by atoms with van der Waals surface area (Å²) < 4.78 is 10.4. The van der Waals surface area contributed by atoms with Crippen LogP contribution < -0.4 is 20.5 Å². The quantitative estimate of drug-likeness (QED) is 0.813. The monoisotopic (exact) mass is 321 g/mol. The average molecular weight is 321 g/mol. The standard InChI is InChI=1S/C15H19N3O3S/c1-20-13-4-3-10(5-14(13)21-2)12(16)6-15(19)17-7-11-8-22-9-18-11/h3-5,8-9,12H,6-7,16H2,1-2H3,(H,17,19)/t12-/m0/s1. The molecule has 6 nitrogen and oxygen atoms in total. The molecule has 0 unspecified atom stereocenters. The average Bonchev–Trinajstić information content (AvgIpc) is 3.05. The van der Waals surface area contributed by atoms with Crippen molar-refractivity contribution in [1.82, 2.24) is 10.3 Å². The number of nitrogens with two attached hydrogens (primary N) is 1. The molecule has 0 spiro atoms. The zero-order valence-corrected chi connectivity index (χ0v) is 13.4. The van der Waals surface area contributed by atoms with Crippen LogP contribution in [0.5, 0.6) is 11.5 Å². The van der Waals surface area contributed by atoms with Crippen molar-refractivity contribution in [1.29, 1.82) is 0 Å². The number of nitrogens with zero attached hydrogens (tertiary/aromatic N) is 1. The van der Waals surface area contributed by atoms with E-state index in [0.29, 0.717) is 18.0 Å². The van der Waals surface area contributed by atoms with E-state index >= 15 is 0 Å². The smallest absolute Gasteiger partial charge is 0.222 e. The molecular formula is C15H19N3O3S.